The van der Waals surface area contributed by atoms with Crippen molar-refractivity contribution in [3.05, 3.63) is 11.4 Å². The van der Waals surface area contributed by atoms with E-state index in [2.05, 4.69) is 16.4 Å². The van der Waals surface area contributed by atoms with Crippen molar-refractivity contribution < 1.29 is 9.84 Å². The van der Waals surface area contributed by atoms with E-state index in [1.54, 1.807) is 11.8 Å². The number of aliphatic hydroxyl groups is 1. The highest BCUT2D eigenvalue weighted by Crippen LogP contribution is 2.46. The van der Waals surface area contributed by atoms with Gasteiger partial charge in [0.1, 0.15) is 5.69 Å². The summed E-state index contributed by atoms with van der Waals surface area (Å²) in [4.78, 5) is 0. The van der Waals surface area contributed by atoms with Crippen LogP contribution in [0.5, 0.6) is 0 Å². The Kier molecular flexibility index (Phi) is 3.64. The van der Waals surface area contributed by atoms with E-state index in [1.807, 2.05) is 6.92 Å². The van der Waals surface area contributed by atoms with Gasteiger partial charge in [0.05, 0.1) is 37.4 Å². The van der Waals surface area contributed by atoms with E-state index in [-0.39, 0.29) is 24.5 Å². The van der Waals surface area contributed by atoms with E-state index in [1.165, 1.54) is 0 Å². The molecule has 1 saturated carbocycles. The Morgan fingerprint density at radius 3 is 2.83 bits per heavy atom. The number of ether oxygens (including phenoxy) is 1. The zero-order valence-electron chi connectivity index (χ0n) is 10.8. The molecule has 0 spiro atoms. The van der Waals surface area contributed by atoms with Gasteiger partial charge in [-0.15, -0.1) is 5.10 Å². The van der Waals surface area contributed by atoms with Crippen LogP contribution in [0.15, 0.2) is 0 Å². The summed E-state index contributed by atoms with van der Waals surface area (Å²) in [5.74, 6) is 0. The van der Waals surface area contributed by atoms with Crippen LogP contribution in [0.3, 0.4) is 0 Å². The summed E-state index contributed by atoms with van der Waals surface area (Å²) in [7, 11) is 1.62. The Bertz CT molecular complexity index is 459. The topological polar surface area (TPSA) is 84.0 Å². The molecular formula is C12H18N4O2. The maximum absolute atomic E-state index is 9.37. The van der Waals surface area contributed by atoms with E-state index in [4.69, 9.17) is 10.00 Å². The molecule has 1 aromatic rings. The molecule has 1 fully saturated rings. The largest absolute Gasteiger partial charge is 0.396 e. The van der Waals surface area contributed by atoms with Crippen LogP contribution in [0.2, 0.25) is 0 Å². The molecule has 1 unspecified atom stereocenters. The molecule has 1 aliphatic rings. The molecule has 2 rings (SSSR count). The molecule has 0 aliphatic heterocycles. The molecule has 0 radical (unpaired) electrons. The fraction of sp³-hybridized carbons (Fsp3) is 0.750. The average molecular weight is 250 g/mol. The van der Waals surface area contributed by atoms with Crippen molar-refractivity contribution in [1.29, 1.82) is 5.26 Å². The zero-order chi connectivity index (χ0) is 13.2. The number of hydrogen-bond donors (Lipinski definition) is 1. The van der Waals surface area contributed by atoms with Crippen molar-refractivity contribution in [2.75, 3.05) is 13.7 Å². The lowest BCUT2D eigenvalue weighted by Crippen LogP contribution is -2.20. The fourth-order valence-electron chi connectivity index (χ4n) is 2.09. The lowest BCUT2D eigenvalue weighted by Gasteiger charge is -2.17. The highest BCUT2D eigenvalue weighted by atomic mass is 16.5. The maximum Gasteiger partial charge on any atom is 0.103 e. The van der Waals surface area contributed by atoms with Gasteiger partial charge in [-0.05, 0) is 19.8 Å². The van der Waals surface area contributed by atoms with Gasteiger partial charge in [0, 0.05) is 12.5 Å². The molecule has 6 nitrogen and oxygen atoms in total. The number of nitrogens with zero attached hydrogens (tertiary/aromatic N) is 4. The molecule has 1 N–H and O–H groups in total. The first-order chi connectivity index (χ1) is 8.65. The van der Waals surface area contributed by atoms with Gasteiger partial charge in [0.15, 0.2) is 0 Å². The minimum atomic E-state index is -0.155. The number of nitriles is 1. The van der Waals surface area contributed by atoms with Crippen molar-refractivity contribution in [3.8, 4) is 6.07 Å². The number of rotatable bonds is 6. The molecule has 1 atom stereocenters. The van der Waals surface area contributed by atoms with Crippen LogP contribution >= 0.6 is 0 Å². The standard InChI is InChI=1S/C12H18N4O2/c1-9(18-2)11-10(3-6-13)14-15-16(11)7-12(8-17)4-5-12/h9,17H,3-5,7-8H2,1-2H3. The molecule has 0 amide bonds. The minimum absolute atomic E-state index is 0.0418. The summed E-state index contributed by atoms with van der Waals surface area (Å²) in [6.45, 7) is 2.72. The molecule has 0 aromatic carbocycles. The first-order valence-electron chi connectivity index (χ1n) is 6.08. The average Bonchev–Trinajstić information content (AvgIpc) is 3.05. The zero-order valence-corrected chi connectivity index (χ0v) is 10.8. The third kappa shape index (κ3) is 2.37. The van der Waals surface area contributed by atoms with E-state index in [0.717, 1.165) is 18.5 Å². The smallest absolute Gasteiger partial charge is 0.103 e. The summed E-state index contributed by atoms with van der Waals surface area (Å²) < 4.78 is 7.10. The van der Waals surface area contributed by atoms with Crippen LogP contribution in [-0.2, 0) is 17.7 Å². The second-order valence-corrected chi connectivity index (χ2v) is 4.95. The number of methoxy groups -OCH3 is 1. The van der Waals surface area contributed by atoms with E-state index >= 15 is 0 Å². The second kappa shape index (κ2) is 5.04. The van der Waals surface area contributed by atoms with Crippen molar-refractivity contribution >= 4 is 0 Å². The molecule has 1 aliphatic carbocycles. The molecule has 18 heavy (non-hydrogen) atoms. The highest BCUT2D eigenvalue weighted by Gasteiger charge is 2.43. The third-order valence-electron chi connectivity index (χ3n) is 3.61. The summed E-state index contributed by atoms with van der Waals surface area (Å²) in [5.41, 5.74) is 1.47. The molecule has 98 valence electrons. The molecule has 6 heteroatoms. The van der Waals surface area contributed by atoms with Crippen LogP contribution in [0.1, 0.15) is 37.3 Å². The number of aromatic nitrogens is 3. The third-order valence-corrected chi connectivity index (χ3v) is 3.61. The van der Waals surface area contributed by atoms with E-state index < -0.39 is 0 Å². The summed E-state index contributed by atoms with van der Waals surface area (Å²) in [5, 5.41) is 26.3. The highest BCUT2D eigenvalue weighted by molar-refractivity contribution is 5.17. The first-order valence-corrected chi connectivity index (χ1v) is 6.08. The van der Waals surface area contributed by atoms with Crippen LogP contribution in [0, 0.1) is 16.7 Å². The van der Waals surface area contributed by atoms with Gasteiger partial charge >= 0.3 is 0 Å². The maximum atomic E-state index is 9.37. The second-order valence-electron chi connectivity index (χ2n) is 4.95. The SMILES string of the molecule is COC(C)c1c(CC#N)nnn1CC1(CO)CC1. The van der Waals surface area contributed by atoms with Gasteiger partial charge in [-0.3, -0.25) is 0 Å². The Labute approximate surface area is 106 Å². The van der Waals surface area contributed by atoms with Gasteiger partial charge in [-0.1, -0.05) is 5.21 Å². The fourth-order valence-corrected chi connectivity index (χ4v) is 2.09. The van der Waals surface area contributed by atoms with Crippen molar-refractivity contribution in [2.45, 2.75) is 38.8 Å². The van der Waals surface area contributed by atoms with E-state index in [9.17, 15) is 5.11 Å². The summed E-state index contributed by atoms with van der Waals surface area (Å²) in [6.07, 6.45) is 2.10. The molecule has 1 heterocycles. The van der Waals surface area contributed by atoms with Crippen LogP contribution in [0.25, 0.3) is 0 Å². The monoisotopic (exact) mass is 250 g/mol. The normalized spacial score (nSPS) is 18.3. The number of hydrogen-bond acceptors (Lipinski definition) is 5. The van der Waals surface area contributed by atoms with Gasteiger partial charge in [0.2, 0.25) is 0 Å². The Balaban J connectivity index is 2.26. The quantitative estimate of drug-likeness (QED) is 0.808. The Morgan fingerprint density at radius 1 is 1.61 bits per heavy atom. The molecule has 0 bridgehead atoms. The lowest BCUT2D eigenvalue weighted by atomic mass is 10.1. The van der Waals surface area contributed by atoms with Crippen LogP contribution < -0.4 is 0 Å². The Morgan fingerprint density at radius 2 is 2.33 bits per heavy atom. The first kappa shape index (κ1) is 13.0. The van der Waals surface area contributed by atoms with Crippen molar-refractivity contribution in [3.63, 3.8) is 0 Å². The summed E-state index contributed by atoms with van der Waals surface area (Å²) in [6, 6.07) is 2.09. The number of aliphatic hydroxyl groups excluding tert-OH is 1. The Hall–Kier alpha value is -1.45. The molecule has 1 aromatic heterocycles. The van der Waals surface area contributed by atoms with Gasteiger partial charge in [-0.25, -0.2) is 4.68 Å². The minimum Gasteiger partial charge on any atom is -0.396 e. The van der Waals surface area contributed by atoms with Crippen LogP contribution in [0.4, 0.5) is 0 Å². The van der Waals surface area contributed by atoms with E-state index in [0.29, 0.717) is 12.2 Å². The van der Waals surface area contributed by atoms with Crippen LogP contribution in [-0.4, -0.2) is 33.8 Å². The van der Waals surface area contributed by atoms with Gasteiger partial charge in [-0.2, -0.15) is 5.26 Å². The lowest BCUT2D eigenvalue weighted by molar-refractivity contribution is 0.106. The van der Waals surface area contributed by atoms with Gasteiger partial charge < -0.3 is 9.84 Å². The van der Waals surface area contributed by atoms with Crippen molar-refractivity contribution in [2.24, 2.45) is 5.41 Å². The predicted octanol–water partition coefficient (Wildman–Crippen LogP) is 0.824. The molecular weight excluding hydrogens is 232 g/mol. The summed E-state index contributed by atoms with van der Waals surface area (Å²) >= 11 is 0. The predicted molar refractivity (Wildman–Crippen MR) is 63.5 cm³/mol. The molecule has 0 saturated heterocycles. The van der Waals surface area contributed by atoms with Gasteiger partial charge in [0.25, 0.3) is 0 Å². The van der Waals surface area contributed by atoms with Crippen molar-refractivity contribution in [1.82, 2.24) is 15.0 Å².